The van der Waals surface area contributed by atoms with Gasteiger partial charge in [0.05, 0.1) is 10.5 Å². The van der Waals surface area contributed by atoms with Crippen molar-refractivity contribution in [3.05, 3.63) is 46.0 Å². The van der Waals surface area contributed by atoms with E-state index in [1.807, 2.05) is 24.3 Å². The van der Waals surface area contributed by atoms with Gasteiger partial charge in [-0.25, -0.2) is 0 Å². The summed E-state index contributed by atoms with van der Waals surface area (Å²) < 4.78 is 0. The Labute approximate surface area is 128 Å². The summed E-state index contributed by atoms with van der Waals surface area (Å²) in [6.07, 6.45) is 5.60. The van der Waals surface area contributed by atoms with Gasteiger partial charge in [0.25, 0.3) is 5.69 Å². The molecular formula is C17H17N3O2. The molecule has 0 aliphatic heterocycles. The van der Waals surface area contributed by atoms with Gasteiger partial charge in [-0.3, -0.25) is 10.1 Å². The van der Waals surface area contributed by atoms with Crippen LogP contribution >= 0.6 is 0 Å². The molecule has 0 radical (unpaired) electrons. The van der Waals surface area contributed by atoms with Crippen molar-refractivity contribution in [1.29, 1.82) is 5.26 Å². The van der Waals surface area contributed by atoms with Crippen molar-refractivity contribution in [2.75, 3.05) is 5.32 Å². The van der Waals surface area contributed by atoms with Crippen LogP contribution in [0.2, 0.25) is 0 Å². The van der Waals surface area contributed by atoms with Crippen LogP contribution in [0.1, 0.15) is 37.7 Å². The van der Waals surface area contributed by atoms with Crippen molar-refractivity contribution >= 4 is 22.1 Å². The molecule has 0 spiro atoms. The number of nitrogens with one attached hydrogen (secondary N) is 1. The number of nitro groups is 1. The molecule has 3 rings (SSSR count). The van der Waals surface area contributed by atoms with E-state index in [1.54, 1.807) is 0 Å². The fourth-order valence-corrected chi connectivity index (χ4v) is 3.20. The first-order chi connectivity index (χ1) is 10.7. The molecule has 112 valence electrons. The zero-order chi connectivity index (χ0) is 15.5. The summed E-state index contributed by atoms with van der Waals surface area (Å²) in [5, 5.41) is 25.6. The van der Waals surface area contributed by atoms with E-state index in [-0.39, 0.29) is 11.7 Å². The van der Waals surface area contributed by atoms with E-state index < -0.39 is 4.92 Å². The van der Waals surface area contributed by atoms with Crippen LogP contribution in [-0.2, 0) is 0 Å². The Hall–Kier alpha value is -2.61. The minimum absolute atomic E-state index is 0.0131. The molecule has 0 unspecified atom stereocenters. The second-order valence-electron chi connectivity index (χ2n) is 5.71. The number of nitriles is 1. The third-order valence-corrected chi connectivity index (χ3v) is 4.29. The van der Waals surface area contributed by atoms with Crippen molar-refractivity contribution in [2.45, 2.75) is 38.1 Å². The lowest BCUT2D eigenvalue weighted by molar-refractivity contribution is -0.383. The summed E-state index contributed by atoms with van der Waals surface area (Å²) >= 11 is 0. The highest BCUT2D eigenvalue weighted by Gasteiger charge is 2.23. The Morgan fingerprint density at radius 2 is 1.86 bits per heavy atom. The highest BCUT2D eigenvalue weighted by molar-refractivity contribution is 6.01. The number of hydrogen-bond donors (Lipinski definition) is 1. The van der Waals surface area contributed by atoms with Crippen LogP contribution < -0.4 is 5.32 Å². The lowest BCUT2D eigenvalue weighted by Gasteiger charge is -2.24. The molecule has 0 atom stereocenters. The molecule has 0 aromatic heterocycles. The second kappa shape index (κ2) is 6.02. The Morgan fingerprint density at radius 1 is 1.18 bits per heavy atom. The lowest BCUT2D eigenvalue weighted by Crippen LogP contribution is -2.23. The quantitative estimate of drug-likeness (QED) is 0.673. The first-order valence-electron chi connectivity index (χ1n) is 7.57. The Bertz CT molecular complexity index is 758. The van der Waals surface area contributed by atoms with E-state index in [2.05, 4.69) is 11.4 Å². The number of hydrogen-bond acceptors (Lipinski definition) is 4. The Balaban J connectivity index is 2.15. The maximum atomic E-state index is 11.4. The van der Waals surface area contributed by atoms with Crippen molar-refractivity contribution in [1.82, 2.24) is 0 Å². The summed E-state index contributed by atoms with van der Waals surface area (Å²) in [7, 11) is 0. The number of anilines is 1. The minimum atomic E-state index is -0.404. The van der Waals surface area contributed by atoms with Crippen LogP contribution in [0.4, 0.5) is 11.4 Å². The van der Waals surface area contributed by atoms with Crippen molar-refractivity contribution in [2.24, 2.45) is 0 Å². The smallest absolute Gasteiger partial charge is 0.294 e. The summed E-state index contributed by atoms with van der Waals surface area (Å²) in [4.78, 5) is 11.0. The van der Waals surface area contributed by atoms with Gasteiger partial charge < -0.3 is 5.32 Å². The van der Waals surface area contributed by atoms with E-state index in [4.69, 9.17) is 0 Å². The molecule has 1 aliphatic carbocycles. The molecule has 0 heterocycles. The molecule has 2 aromatic carbocycles. The monoisotopic (exact) mass is 295 g/mol. The van der Waals surface area contributed by atoms with Gasteiger partial charge in [0, 0.05) is 22.9 Å². The van der Waals surface area contributed by atoms with Crippen LogP contribution in [0.15, 0.2) is 30.3 Å². The van der Waals surface area contributed by atoms with Crippen LogP contribution in [0, 0.1) is 21.4 Å². The molecule has 2 aromatic rings. The van der Waals surface area contributed by atoms with Crippen LogP contribution in [0.3, 0.4) is 0 Å². The summed E-state index contributed by atoms with van der Waals surface area (Å²) in [5.41, 5.74) is 0.879. The number of benzene rings is 2. The number of fused-ring (bicyclic) bond motifs is 1. The van der Waals surface area contributed by atoms with Gasteiger partial charge in [0.1, 0.15) is 11.8 Å². The number of nitro benzene ring substituents is 1. The van der Waals surface area contributed by atoms with Gasteiger partial charge >= 0.3 is 0 Å². The van der Waals surface area contributed by atoms with Gasteiger partial charge in [-0.2, -0.15) is 5.26 Å². The van der Waals surface area contributed by atoms with Crippen molar-refractivity contribution < 1.29 is 4.92 Å². The topological polar surface area (TPSA) is 79.0 Å². The SMILES string of the molecule is N#Cc1cc([N+](=O)[O-])c(NC2CCCCC2)c2ccccc12. The van der Waals surface area contributed by atoms with Crippen molar-refractivity contribution in [3.63, 3.8) is 0 Å². The zero-order valence-corrected chi connectivity index (χ0v) is 12.2. The molecule has 0 amide bonds. The molecule has 5 heteroatoms. The van der Waals surface area contributed by atoms with Gasteiger partial charge in [-0.1, -0.05) is 43.5 Å². The minimum Gasteiger partial charge on any atom is -0.376 e. The Kier molecular flexibility index (Phi) is 3.92. The van der Waals surface area contributed by atoms with Crippen LogP contribution in [0.5, 0.6) is 0 Å². The molecule has 22 heavy (non-hydrogen) atoms. The summed E-state index contributed by atoms with van der Waals surface area (Å²) in [6.45, 7) is 0. The van der Waals surface area contributed by atoms with Gasteiger partial charge in [-0.05, 0) is 12.8 Å². The van der Waals surface area contributed by atoms with E-state index in [1.165, 1.54) is 12.5 Å². The molecule has 0 bridgehead atoms. The average molecular weight is 295 g/mol. The first kappa shape index (κ1) is 14.3. The molecule has 1 fully saturated rings. The summed E-state index contributed by atoms with van der Waals surface area (Å²) in [5.74, 6) is 0. The Morgan fingerprint density at radius 3 is 2.50 bits per heavy atom. The van der Waals surface area contributed by atoms with Gasteiger partial charge in [-0.15, -0.1) is 0 Å². The average Bonchev–Trinajstić information content (AvgIpc) is 2.55. The van der Waals surface area contributed by atoms with E-state index in [0.29, 0.717) is 11.3 Å². The molecule has 1 N–H and O–H groups in total. The normalized spacial score (nSPS) is 15.4. The highest BCUT2D eigenvalue weighted by atomic mass is 16.6. The molecule has 0 saturated heterocycles. The maximum Gasteiger partial charge on any atom is 0.294 e. The van der Waals surface area contributed by atoms with E-state index in [0.717, 1.165) is 36.5 Å². The first-order valence-corrected chi connectivity index (χ1v) is 7.57. The second-order valence-corrected chi connectivity index (χ2v) is 5.71. The highest BCUT2D eigenvalue weighted by Crippen LogP contribution is 2.37. The maximum absolute atomic E-state index is 11.4. The van der Waals surface area contributed by atoms with Crippen molar-refractivity contribution in [3.8, 4) is 6.07 Å². The lowest BCUT2D eigenvalue weighted by atomic mass is 9.94. The predicted molar refractivity (Wildman–Crippen MR) is 85.8 cm³/mol. The zero-order valence-electron chi connectivity index (χ0n) is 12.2. The third kappa shape index (κ3) is 2.60. The molecule has 1 aliphatic rings. The predicted octanol–water partition coefficient (Wildman–Crippen LogP) is 4.36. The largest absolute Gasteiger partial charge is 0.376 e. The molecular weight excluding hydrogens is 278 g/mol. The van der Waals surface area contributed by atoms with Crippen LogP contribution in [-0.4, -0.2) is 11.0 Å². The van der Waals surface area contributed by atoms with E-state index >= 15 is 0 Å². The number of nitrogens with zero attached hydrogens (tertiary/aromatic N) is 2. The fraction of sp³-hybridized carbons (Fsp3) is 0.353. The van der Waals surface area contributed by atoms with Gasteiger partial charge in [0.15, 0.2) is 0 Å². The molecule has 1 saturated carbocycles. The standard InChI is InChI=1S/C17H17N3O2/c18-11-12-10-16(20(21)22)17(15-9-5-4-8-14(12)15)19-13-6-2-1-3-7-13/h4-5,8-10,13,19H,1-3,6-7H2. The fourth-order valence-electron chi connectivity index (χ4n) is 3.20. The van der Waals surface area contributed by atoms with E-state index in [9.17, 15) is 15.4 Å². The van der Waals surface area contributed by atoms with Crippen LogP contribution in [0.25, 0.3) is 10.8 Å². The molecule has 5 nitrogen and oxygen atoms in total. The van der Waals surface area contributed by atoms with Gasteiger partial charge in [0.2, 0.25) is 0 Å². The number of rotatable bonds is 3. The summed E-state index contributed by atoms with van der Waals surface area (Å²) in [6, 6.07) is 11.1. The third-order valence-electron chi connectivity index (χ3n) is 4.29.